The first-order valence-corrected chi connectivity index (χ1v) is 11.2. The van der Waals surface area contributed by atoms with Gasteiger partial charge in [0, 0.05) is 32.7 Å². The Morgan fingerprint density at radius 1 is 1.07 bits per heavy atom. The number of amides is 2. The van der Waals surface area contributed by atoms with Gasteiger partial charge in [-0.05, 0) is 56.2 Å². The van der Waals surface area contributed by atoms with Crippen LogP contribution in [0.1, 0.15) is 25.7 Å². The molecule has 3 N–H and O–H groups in total. The Morgan fingerprint density at radius 2 is 1.76 bits per heavy atom. The normalized spacial score (nSPS) is 29.2. The standard InChI is InChI=1S/C22H31ClN4O2/c23-17-4-1-2-5-18(17)27-12-10-26(11-13-27)9-3-8-25-22(29)20-16-7-6-15(14-16)19(20)21(24)28/h1-2,4-5,15-16,19-20H,3,6-14H2,(H2,24,28)(H,25,29). The maximum atomic E-state index is 12.7. The molecule has 158 valence electrons. The van der Waals surface area contributed by atoms with Gasteiger partial charge in [0.05, 0.1) is 22.5 Å². The second-order valence-electron chi connectivity index (χ2n) is 8.71. The average Bonchev–Trinajstić information content (AvgIpc) is 3.34. The van der Waals surface area contributed by atoms with Crippen molar-refractivity contribution in [3.05, 3.63) is 29.3 Å². The molecule has 2 saturated carbocycles. The van der Waals surface area contributed by atoms with E-state index in [2.05, 4.69) is 21.2 Å². The summed E-state index contributed by atoms with van der Waals surface area (Å²) in [5.74, 6) is -0.0617. The number of benzene rings is 1. The van der Waals surface area contributed by atoms with E-state index in [1.807, 2.05) is 18.2 Å². The molecular weight excluding hydrogens is 388 g/mol. The van der Waals surface area contributed by atoms with Gasteiger partial charge in [-0.25, -0.2) is 0 Å². The highest BCUT2D eigenvalue weighted by Crippen LogP contribution is 2.52. The van der Waals surface area contributed by atoms with E-state index in [-0.39, 0.29) is 23.7 Å². The molecule has 2 aliphatic carbocycles. The molecule has 0 aromatic heterocycles. The smallest absolute Gasteiger partial charge is 0.224 e. The molecule has 0 radical (unpaired) electrons. The Labute approximate surface area is 177 Å². The molecule has 29 heavy (non-hydrogen) atoms. The van der Waals surface area contributed by atoms with Gasteiger partial charge in [0.25, 0.3) is 0 Å². The van der Waals surface area contributed by atoms with E-state index in [0.29, 0.717) is 18.4 Å². The van der Waals surface area contributed by atoms with Gasteiger partial charge >= 0.3 is 0 Å². The number of carbonyl (C=O) groups excluding carboxylic acids is 2. The summed E-state index contributed by atoms with van der Waals surface area (Å²) in [5, 5.41) is 3.88. The number of primary amides is 1. The van der Waals surface area contributed by atoms with E-state index in [1.165, 1.54) is 0 Å². The van der Waals surface area contributed by atoms with Crippen molar-refractivity contribution in [2.45, 2.75) is 25.7 Å². The number of nitrogens with zero attached hydrogens (tertiary/aromatic N) is 2. The van der Waals surface area contributed by atoms with Gasteiger partial charge in [0.2, 0.25) is 11.8 Å². The second kappa shape index (κ2) is 8.92. The Balaban J connectivity index is 1.18. The summed E-state index contributed by atoms with van der Waals surface area (Å²) >= 11 is 6.31. The van der Waals surface area contributed by atoms with Gasteiger partial charge < -0.3 is 16.0 Å². The minimum atomic E-state index is -0.297. The van der Waals surface area contributed by atoms with Gasteiger partial charge in [-0.2, -0.15) is 0 Å². The van der Waals surface area contributed by atoms with E-state index >= 15 is 0 Å². The van der Waals surface area contributed by atoms with Crippen LogP contribution in [0.2, 0.25) is 5.02 Å². The summed E-state index contributed by atoms with van der Waals surface area (Å²) in [5.41, 5.74) is 6.70. The number of hydrogen-bond donors (Lipinski definition) is 2. The van der Waals surface area contributed by atoms with E-state index in [4.69, 9.17) is 17.3 Å². The van der Waals surface area contributed by atoms with Crippen molar-refractivity contribution >= 4 is 29.1 Å². The SMILES string of the molecule is NC(=O)C1C2CCC(C2)C1C(=O)NCCCN1CCN(c2ccccc2Cl)CC1. The van der Waals surface area contributed by atoms with Crippen molar-refractivity contribution in [2.75, 3.05) is 44.2 Å². The van der Waals surface area contributed by atoms with Gasteiger partial charge in [-0.1, -0.05) is 23.7 Å². The summed E-state index contributed by atoms with van der Waals surface area (Å²) in [7, 11) is 0. The molecule has 1 aliphatic heterocycles. The zero-order valence-corrected chi connectivity index (χ0v) is 17.6. The Bertz CT molecular complexity index is 750. The number of halogens is 1. The third-order valence-electron chi connectivity index (χ3n) is 7.06. The number of nitrogens with two attached hydrogens (primary N) is 1. The van der Waals surface area contributed by atoms with Crippen LogP contribution in [-0.2, 0) is 9.59 Å². The first kappa shape index (κ1) is 20.5. The van der Waals surface area contributed by atoms with Crippen molar-refractivity contribution in [2.24, 2.45) is 29.4 Å². The number of fused-ring (bicyclic) bond motifs is 2. The minimum absolute atomic E-state index is 0.0320. The lowest BCUT2D eigenvalue weighted by atomic mass is 9.78. The molecule has 2 amide bonds. The van der Waals surface area contributed by atoms with E-state index < -0.39 is 0 Å². The van der Waals surface area contributed by atoms with Crippen molar-refractivity contribution < 1.29 is 9.59 Å². The quantitative estimate of drug-likeness (QED) is 0.665. The number of nitrogens with one attached hydrogen (secondary N) is 1. The zero-order chi connectivity index (χ0) is 20.4. The largest absolute Gasteiger partial charge is 0.369 e. The molecule has 1 aromatic rings. The fraction of sp³-hybridized carbons (Fsp3) is 0.636. The molecule has 0 spiro atoms. The number of piperazine rings is 1. The highest BCUT2D eigenvalue weighted by Gasteiger charge is 2.53. The van der Waals surface area contributed by atoms with Crippen LogP contribution in [0.3, 0.4) is 0 Å². The predicted molar refractivity (Wildman–Crippen MR) is 115 cm³/mol. The topological polar surface area (TPSA) is 78.7 Å². The van der Waals surface area contributed by atoms with Crippen LogP contribution in [0.15, 0.2) is 24.3 Å². The van der Waals surface area contributed by atoms with Crippen LogP contribution < -0.4 is 16.0 Å². The highest BCUT2D eigenvalue weighted by atomic mass is 35.5. The lowest BCUT2D eigenvalue weighted by Crippen LogP contribution is -2.47. The fourth-order valence-corrected chi connectivity index (χ4v) is 5.89. The number of carbonyl (C=O) groups is 2. The van der Waals surface area contributed by atoms with E-state index in [0.717, 1.165) is 69.1 Å². The number of hydrogen-bond acceptors (Lipinski definition) is 4. The maximum absolute atomic E-state index is 12.7. The molecule has 6 nitrogen and oxygen atoms in total. The number of anilines is 1. The Morgan fingerprint density at radius 3 is 2.45 bits per heavy atom. The predicted octanol–water partition coefficient (Wildman–Crippen LogP) is 2.12. The molecule has 4 unspecified atom stereocenters. The van der Waals surface area contributed by atoms with Crippen LogP contribution >= 0.6 is 11.6 Å². The average molecular weight is 419 g/mol. The van der Waals surface area contributed by atoms with Crippen molar-refractivity contribution in [1.82, 2.24) is 10.2 Å². The number of para-hydroxylation sites is 1. The summed E-state index contributed by atoms with van der Waals surface area (Å²) in [6.07, 6.45) is 4.01. The van der Waals surface area contributed by atoms with Crippen LogP contribution in [0.25, 0.3) is 0 Å². The van der Waals surface area contributed by atoms with Gasteiger partial charge in [0.1, 0.15) is 0 Å². The van der Waals surface area contributed by atoms with Crippen LogP contribution in [0.4, 0.5) is 5.69 Å². The Kier molecular flexibility index (Phi) is 6.30. The fourth-order valence-electron chi connectivity index (χ4n) is 5.63. The summed E-state index contributed by atoms with van der Waals surface area (Å²) in [6.45, 7) is 5.53. The van der Waals surface area contributed by atoms with Crippen LogP contribution in [0.5, 0.6) is 0 Å². The van der Waals surface area contributed by atoms with Gasteiger partial charge in [-0.3, -0.25) is 14.5 Å². The highest BCUT2D eigenvalue weighted by molar-refractivity contribution is 6.33. The minimum Gasteiger partial charge on any atom is -0.369 e. The monoisotopic (exact) mass is 418 g/mol. The molecule has 1 saturated heterocycles. The lowest BCUT2D eigenvalue weighted by Gasteiger charge is -2.36. The molecule has 4 rings (SSSR count). The first-order chi connectivity index (χ1) is 14.0. The molecule has 1 aromatic carbocycles. The van der Waals surface area contributed by atoms with Crippen LogP contribution in [0, 0.1) is 23.7 Å². The van der Waals surface area contributed by atoms with E-state index in [9.17, 15) is 9.59 Å². The first-order valence-electron chi connectivity index (χ1n) is 10.8. The van der Waals surface area contributed by atoms with Crippen molar-refractivity contribution in [3.8, 4) is 0 Å². The number of rotatable bonds is 7. The lowest BCUT2D eigenvalue weighted by molar-refractivity contribution is -0.135. The van der Waals surface area contributed by atoms with E-state index in [1.54, 1.807) is 0 Å². The summed E-state index contributed by atoms with van der Waals surface area (Å²) in [4.78, 5) is 29.3. The third kappa shape index (κ3) is 4.38. The zero-order valence-electron chi connectivity index (χ0n) is 16.9. The molecule has 4 atom stereocenters. The van der Waals surface area contributed by atoms with Gasteiger partial charge in [-0.15, -0.1) is 0 Å². The maximum Gasteiger partial charge on any atom is 0.224 e. The molecule has 7 heteroatoms. The third-order valence-corrected chi connectivity index (χ3v) is 7.38. The van der Waals surface area contributed by atoms with Crippen molar-refractivity contribution in [1.29, 1.82) is 0 Å². The second-order valence-corrected chi connectivity index (χ2v) is 9.12. The molecule has 3 fully saturated rings. The molecule has 2 bridgehead atoms. The molecular formula is C22H31ClN4O2. The summed E-state index contributed by atoms with van der Waals surface area (Å²) in [6, 6.07) is 7.99. The van der Waals surface area contributed by atoms with Crippen molar-refractivity contribution in [3.63, 3.8) is 0 Å². The Hall–Kier alpha value is -1.79. The van der Waals surface area contributed by atoms with Crippen LogP contribution in [-0.4, -0.2) is 56.0 Å². The van der Waals surface area contributed by atoms with Gasteiger partial charge in [0.15, 0.2) is 0 Å². The molecule has 1 heterocycles. The summed E-state index contributed by atoms with van der Waals surface area (Å²) < 4.78 is 0. The molecule has 3 aliphatic rings.